The second-order valence-electron chi connectivity index (χ2n) is 8.38. The number of nitrogens with one attached hydrogen (secondary N) is 1. The molecule has 1 saturated heterocycles. The smallest absolute Gasteiger partial charge is 0.259 e. The highest BCUT2D eigenvalue weighted by Crippen LogP contribution is 2.30. The minimum Gasteiger partial charge on any atom is -0.373 e. The van der Waals surface area contributed by atoms with E-state index in [0.29, 0.717) is 17.8 Å². The number of hydrogen-bond donors (Lipinski definition) is 1. The van der Waals surface area contributed by atoms with Crippen LogP contribution in [-0.2, 0) is 22.6 Å². The summed E-state index contributed by atoms with van der Waals surface area (Å²) in [4.78, 5) is 29.1. The Labute approximate surface area is 183 Å². The van der Waals surface area contributed by atoms with E-state index >= 15 is 0 Å². The molecule has 1 N–H and O–H groups in total. The van der Waals surface area contributed by atoms with Crippen molar-refractivity contribution in [2.75, 3.05) is 19.6 Å². The lowest BCUT2D eigenvalue weighted by Crippen LogP contribution is -2.45. The highest BCUT2D eigenvalue weighted by Gasteiger charge is 2.31. The summed E-state index contributed by atoms with van der Waals surface area (Å²) in [5.74, 6) is -0.377. The Bertz CT molecular complexity index is 958. The van der Waals surface area contributed by atoms with E-state index in [2.05, 4.69) is 36.7 Å². The summed E-state index contributed by atoms with van der Waals surface area (Å²) in [6.45, 7) is 11.2. The highest BCUT2D eigenvalue weighted by atomic mass is 16.5. The third-order valence-corrected chi connectivity index (χ3v) is 5.82. The van der Waals surface area contributed by atoms with Crippen LogP contribution < -0.4 is 5.32 Å². The molecule has 0 bridgehead atoms. The number of fused-ring (bicyclic) bond motifs is 1. The predicted octanol–water partition coefficient (Wildman–Crippen LogP) is 3.04. The molecule has 2 unspecified atom stereocenters. The molecule has 2 aromatic carbocycles. The van der Waals surface area contributed by atoms with Crippen LogP contribution in [0.4, 0.5) is 0 Å². The molecule has 2 amide bonds. The lowest BCUT2D eigenvalue weighted by Gasteiger charge is -2.35. The summed E-state index contributed by atoms with van der Waals surface area (Å²) >= 11 is 0. The lowest BCUT2D eigenvalue weighted by atomic mass is 10.1. The van der Waals surface area contributed by atoms with E-state index in [1.54, 1.807) is 6.07 Å². The molecule has 162 valence electrons. The van der Waals surface area contributed by atoms with Gasteiger partial charge in [0.05, 0.1) is 12.2 Å². The van der Waals surface area contributed by atoms with E-state index in [4.69, 9.17) is 4.74 Å². The molecule has 0 saturated carbocycles. The van der Waals surface area contributed by atoms with Gasteiger partial charge < -0.3 is 10.1 Å². The van der Waals surface area contributed by atoms with E-state index in [9.17, 15) is 9.59 Å². The first-order valence-electron chi connectivity index (χ1n) is 10.7. The number of hydrogen-bond acceptors (Lipinski definition) is 4. The van der Waals surface area contributed by atoms with Gasteiger partial charge in [-0.05, 0) is 31.0 Å². The molecule has 6 nitrogen and oxygen atoms in total. The second kappa shape index (κ2) is 9.04. The molecule has 2 heterocycles. The van der Waals surface area contributed by atoms with Gasteiger partial charge in [0, 0.05) is 43.0 Å². The Hall–Kier alpha value is -2.96. The van der Waals surface area contributed by atoms with Crippen LogP contribution in [0.3, 0.4) is 0 Å². The van der Waals surface area contributed by atoms with E-state index < -0.39 is 0 Å². The van der Waals surface area contributed by atoms with Gasteiger partial charge in [0.15, 0.2) is 0 Å². The fraction of sp³-hybridized carbons (Fsp3) is 0.360. The van der Waals surface area contributed by atoms with Gasteiger partial charge in [-0.15, -0.1) is 0 Å². The molecule has 1 fully saturated rings. The van der Waals surface area contributed by atoms with Crippen LogP contribution in [0.25, 0.3) is 5.70 Å². The Kier molecular flexibility index (Phi) is 6.20. The number of carbonyl (C=O) groups excluding carboxylic acids is 2. The van der Waals surface area contributed by atoms with Gasteiger partial charge in [0.1, 0.15) is 6.54 Å². The topological polar surface area (TPSA) is 61.9 Å². The molecule has 0 aliphatic carbocycles. The highest BCUT2D eigenvalue weighted by molar-refractivity contribution is 6.10. The predicted molar refractivity (Wildman–Crippen MR) is 120 cm³/mol. The van der Waals surface area contributed by atoms with Crippen molar-refractivity contribution < 1.29 is 14.3 Å². The van der Waals surface area contributed by atoms with Gasteiger partial charge in [0.2, 0.25) is 5.91 Å². The average Bonchev–Trinajstić information content (AvgIpc) is 2.97. The van der Waals surface area contributed by atoms with E-state index in [1.165, 1.54) is 10.5 Å². The summed E-state index contributed by atoms with van der Waals surface area (Å²) in [6, 6.07) is 15.5. The van der Waals surface area contributed by atoms with Crippen molar-refractivity contribution in [3.63, 3.8) is 0 Å². The Morgan fingerprint density at radius 3 is 2.32 bits per heavy atom. The SMILES string of the molecule is C=C1c2ccccc2C(=O)N1CC(=O)NCc1ccccc1CN1CC(C)OC(C)C1. The van der Waals surface area contributed by atoms with Crippen LogP contribution in [0.15, 0.2) is 55.1 Å². The van der Waals surface area contributed by atoms with Crippen LogP contribution in [-0.4, -0.2) is 53.5 Å². The van der Waals surface area contributed by atoms with Gasteiger partial charge >= 0.3 is 0 Å². The number of benzene rings is 2. The van der Waals surface area contributed by atoms with Crippen molar-refractivity contribution in [2.24, 2.45) is 0 Å². The minimum atomic E-state index is -0.203. The molecule has 6 heteroatoms. The molecule has 2 aromatic rings. The lowest BCUT2D eigenvalue weighted by molar-refractivity contribution is -0.121. The summed E-state index contributed by atoms with van der Waals surface area (Å²) in [5, 5.41) is 2.97. The number of amides is 2. The maximum Gasteiger partial charge on any atom is 0.259 e. The third kappa shape index (κ3) is 4.70. The molecule has 0 aromatic heterocycles. The molecule has 0 spiro atoms. The maximum absolute atomic E-state index is 12.6. The fourth-order valence-electron chi connectivity index (χ4n) is 4.43. The molecule has 4 rings (SSSR count). The Balaban J connectivity index is 1.36. The Morgan fingerprint density at radius 2 is 1.65 bits per heavy atom. The van der Waals surface area contributed by atoms with Gasteiger partial charge in [-0.3, -0.25) is 19.4 Å². The maximum atomic E-state index is 12.6. The van der Waals surface area contributed by atoms with Crippen molar-refractivity contribution in [1.29, 1.82) is 0 Å². The first-order valence-corrected chi connectivity index (χ1v) is 10.7. The quantitative estimate of drug-likeness (QED) is 0.782. The number of rotatable bonds is 6. The van der Waals surface area contributed by atoms with E-state index in [-0.39, 0.29) is 30.6 Å². The molecule has 2 atom stereocenters. The van der Waals surface area contributed by atoms with Crippen molar-refractivity contribution in [3.8, 4) is 0 Å². The van der Waals surface area contributed by atoms with Gasteiger partial charge in [0.25, 0.3) is 5.91 Å². The van der Waals surface area contributed by atoms with Crippen LogP contribution in [0.5, 0.6) is 0 Å². The number of nitrogens with zero attached hydrogens (tertiary/aromatic N) is 2. The standard InChI is InChI=1S/C25H29N3O3/c1-17-13-27(14-18(2)31-17)15-21-9-5-4-8-20(21)12-26-24(29)16-28-19(3)22-10-6-7-11-23(22)25(28)30/h4-11,17-18H,3,12-16H2,1-2H3,(H,26,29). The first-order chi connectivity index (χ1) is 14.9. The number of carbonyl (C=O) groups is 2. The zero-order valence-electron chi connectivity index (χ0n) is 18.1. The fourth-order valence-corrected chi connectivity index (χ4v) is 4.43. The average molecular weight is 420 g/mol. The van der Waals surface area contributed by atoms with Gasteiger partial charge in [-0.25, -0.2) is 0 Å². The summed E-state index contributed by atoms with van der Waals surface area (Å²) in [5.41, 5.74) is 4.24. The first kappa shape index (κ1) is 21.3. The molecule has 2 aliphatic rings. The van der Waals surface area contributed by atoms with Gasteiger partial charge in [-0.2, -0.15) is 0 Å². The van der Waals surface area contributed by atoms with Gasteiger partial charge in [-0.1, -0.05) is 49.0 Å². The van der Waals surface area contributed by atoms with Crippen LogP contribution in [0.1, 0.15) is 40.9 Å². The van der Waals surface area contributed by atoms with E-state index in [1.807, 2.05) is 36.4 Å². The van der Waals surface area contributed by atoms with Crippen molar-refractivity contribution in [3.05, 3.63) is 77.4 Å². The van der Waals surface area contributed by atoms with Crippen molar-refractivity contribution >= 4 is 17.5 Å². The van der Waals surface area contributed by atoms with Crippen LogP contribution in [0, 0.1) is 0 Å². The minimum absolute atomic E-state index is 0.0347. The zero-order chi connectivity index (χ0) is 22.0. The van der Waals surface area contributed by atoms with E-state index in [0.717, 1.165) is 30.8 Å². The van der Waals surface area contributed by atoms with Crippen molar-refractivity contribution in [1.82, 2.24) is 15.1 Å². The molecule has 0 radical (unpaired) electrons. The summed E-state index contributed by atoms with van der Waals surface area (Å²) < 4.78 is 5.83. The zero-order valence-corrected chi connectivity index (χ0v) is 18.1. The van der Waals surface area contributed by atoms with Crippen LogP contribution >= 0.6 is 0 Å². The summed E-state index contributed by atoms with van der Waals surface area (Å²) in [7, 11) is 0. The van der Waals surface area contributed by atoms with Crippen molar-refractivity contribution in [2.45, 2.75) is 39.1 Å². The second-order valence-corrected chi connectivity index (χ2v) is 8.38. The summed E-state index contributed by atoms with van der Waals surface area (Å²) in [6.07, 6.45) is 0.427. The Morgan fingerprint density at radius 1 is 1.03 bits per heavy atom. The normalized spacial score (nSPS) is 21.3. The number of morpholine rings is 1. The molecular formula is C25H29N3O3. The largest absolute Gasteiger partial charge is 0.373 e. The van der Waals surface area contributed by atoms with Crippen LogP contribution in [0.2, 0.25) is 0 Å². The monoisotopic (exact) mass is 419 g/mol. The number of ether oxygens (including phenoxy) is 1. The third-order valence-electron chi connectivity index (χ3n) is 5.82. The molecular weight excluding hydrogens is 390 g/mol. The molecule has 2 aliphatic heterocycles. The molecule has 31 heavy (non-hydrogen) atoms.